The average molecular weight is 429 g/mol. The van der Waals surface area contributed by atoms with Crippen molar-refractivity contribution in [2.45, 2.75) is 26.9 Å². The van der Waals surface area contributed by atoms with Gasteiger partial charge in [0.25, 0.3) is 5.91 Å². The number of rotatable bonds is 5. The summed E-state index contributed by atoms with van der Waals surface area (Å²) < 4.78 is 8.76. The summed E-state index contributed by atoms with van der Waals surface area (Å²) in [4.78, 5) is 38.9. The van der Waals surface area contributed by atoms with E-state index in [1.165, 1.54) is 4.90 Å². The van der Waals surface area contributed by atoms with Gasteiger partial charge in [-0.05, 0) is 50.2 Å². The first-order valence-corrected chi connectivity index (χ1v) is 10.1. The van der Waals surface area contributed by atoms with Crippen LogP contribution in [0.5, 0.6) is 5.75 Å². The molecular formula is C21H21ClN4O4. The summed E-state index contributed by atoms with van der Waals surface area (Å²) >= 11 is 6.04. The molecule has 1 N–H and O–H groups in total. The molecule has 0 radical (unpaired) electrons. The summed E-state index contributed by atoms with van der Waals surface area (Å²) in [5.41, 5.74) is 2.50. The van der Waals surface area contributed by atoms with Gasteiger partial charge in [0.2, 0.25) is 5.91 Å². The highest BCUT2D eigenvalue weighted by Gasteiger charge is 2.27. The van der Waals surface area contributed by atoms with E-state index in [-0.39, 0.29) is 30.7 Å². The topological polar surface area (TPSA) is 85.6 Å². The third kappa shape index (κ3) is 3.43. The summed E-state index contributed by atoms with van der Waals surface area (Å²) in [5.74, 6) is -0.188. The Balaban J connectivity index is 1.59. The number of anilines is 2. The lowest BCUT2D eigenvalue weighted by Crippen LogP contribution is -2.43. The number of nitrogens with zero attached hydrogens (tertiary/aromatic N) is 3. The van der Waals surface area contributed by atoms with Crippen LogP contribution in [0.4, 0.5) is 11.4 Å². The van der Waals surface area contributed by atoms with Crippen LogP contribution in [0.2, 0.25) is 5.02 Å². The number of imidazole rings is 1. The third-order valence-corrected chi connectivity index (χ3v) is 5.34. The molecule has 0 saturated carbocycles. The smallest absolute Gasteiger partial charge is 0.329 e. The molecule has 0 unspecified atom stereocenters. The fraction of sp³-hybridized carbons (Fsp3) is 0.286. The fourth-order valence-electron chi connectivity index (χ4n) is 3.70. The number of carbonyl (C=O) groups is 2. The zero-order chi connectivity index (χ0) is 21.4. The summed E-state index contributed by atoms with van der Waals surface area (Å²) in [5, 5.41) is 3.26. The largest absolute Gasteiger partial charge is 0.482 e. The Bertz CT molecular complexity index is 1210. The second-order valence-electron chi connectivity index (χ2n) is 6.90. The first-order valence-electron chi connectivity index (χ1n) is 9.68. The van der Waals surface area contributed by atoms with E-state index in [0.29, 0.717) is 35.2 Å². The number of halogens is 1. The van der Waals surface area contributed by atoms with Gasteiger partial charge >= 0.3 is 5.69 Å². The van der Waals surface area contributed by atoms with E-state index in [4.69, 9.17) is 16.3 Å². The number of hydrogen-bond acceptors (Lipinski definition) is 4. The number of carbonyl (C=O) groups excluding carboxylic acids is 2. The van der Waals surface area contributed by atoms with Crippen LogP contribution in [-0.4, -0.2) is 34.1 Å². The van der Waals surface area contributed by atoms with Crippen molar-refractivity contribution >= 4 is 45.8 Å². The summed E-state index contributed by atoms with van der Waals surface area (Å²) in [6, 6.07) is 10.3. The summed E-state index contributed by atoms with van der Waals surface area (Å²) in [6.45, 7) is 4.60. The highest BCUT2D eigenvalue weighted by Crippen LogP contribution is 2.34. The molecule has 1 aromatic heterocycles. The minimum Gasteiger partial charge on any atom is -0.482 e. The Labute approximate surface area is 177 Å². The molecule has 2 heterocycles. The van der Waals surface area contributed by atoms with Crippen LogP contribution in [0, 0.1) is 0 Å². The Morgan fingerprint density at radius 3 is 2.53 bits per heavy atom. The van der Waals surface area contributed by atoms with Gasteiger partial charge < -0.3 is 10.1 Å². The molecule has 0 spiro atoms. The van der Waals surface area contributed by atoms with Crippen molar-refractivity contribution in [2.75, 3.05) is 23.4 Å². The van der Waals surface area contributed by atoms with Crippen LogP contribution in [0.3, 0.4) is 0 Å². The van der Waals surface area contributed by atoms with Crippen molar-refractivity contribution < 1.29 is 14.3 Å². The van der Waals surface area contributed by atoms with E-state index in [1.807, 2.05) is 19.9 Å². The predicted molar refractivity (Wildman–Crippen MR) is 115 cm³/mol. The molecular weight excluding hydrogens is 408 g/mol. The lowest BCUT2D eigenvalue weighted by atomic mass is 10.2. The number of aryl methyl sites for hydroxylation is 2. The van der Waals surface area contributed by atoms with Crippen molar-refractivity contribution in [1.29, 1.82) is 0 Å². The molecule has 2 amide bonds. The van der Waals surface area contributed by atoms with Crippen molar-refractivity contribution in [1.82, 2.24) is 9.13 Å². The minimum absolute atomic E-state index is 0.0779. The lowest BCUT2D eigenvalue weighted by Gasteiger charge is -2.29. The maximum absolute atomic E-state index is 12.7. The normalized spacial score (nSPS) is 13.3. The van der Waals surface area contributed by atoms with Gasteiger partial charge in [-0.25, -0.2) is 4.79 Å². The molecule has 3 aromatic rings. The number of ether oxygens (including phenoxy) is 1. The average Bonchev–Trinajstić information content (AvgIpc) is 2.99. The second kappa shape index (κ2) is 7.87. The van der Waals surface area contributed by atoms with Gasteiger partial charge in [-0.2, -0.15) is 0 Å². The van der Waals surface area contributed by atoms with Gasteiger partial charge in [0.05, 0.1) is 16.7 Å². The molecule has 0 saturated heterocycles. The van der Waals surface area contributed by atoms with Gasteiger partial charge in [0, 0.05) is 23.8 Å². The van der Waals surface area contributed by atoms with E-state index in [2.05, 4.69) is 5.32 Å². The predicted octanol–water partition coefficient (Wildman–Crippen LogP) is 2.86. The molecule has 0 atom stereocenters. The van der Waals surface area contributed by atoms with E-state index in [0.717, 1.165) is 11.0 Å². The van der Waals surface area contributed by atoms with E-state index in [9.17, 15) is 14.4 Å². The van der Waals surface area contributed by atoms with Crippen LogP contribution in [0.1, 0.15) is 13.8 Å². The van der Waals surface area contributed by atoms with Gasteiger partial charge in [-0.3, -0.25) is 23.6 Å². The van der Waals surface area contributed by atoms with E-state index >= 15 is 0 Å². The standard InChI is InChI=1S/C21H21ClN4O4/c1-3-24-15-7-6-14(10-16(15)25(4-2)21(24)29)23-19(27)11-26-17-9-13(22)5-8-18(17)30-12-20(26)28/h5-10H,3-4,11-12H2,1-2H3,(H,23,27). The molecule has 0 aliphatic carbocycles. The van der Waals surface area contributed by atoms with Gasteiger partial charge in [-0.1, -0.05) is 11.6 Å². The zero-order valence-electron chi connectivity index (χ0n) is 16.6. The molecule has 1 aliphatic heterocycles. The Morgan fingerprint density at radius 2 is 1.80 bits per heavy atom. The third-order valence-electron chi connectivity index (χ3n) is 5.10. The molecule has 9 heteroatoms. The molecule has 4 rings (SSSR count). The first-order chi connectivity index (χ1) is 14.4. The van der Waals surface area contributed by atoms with Gasteiger partial charge in [-0.15, -0.1) is 0 Å². The highest BCUT2D eigenvalue weighted by atomic mass is 35.5. The van der Waals surface area contributed by atoms with Crippen molar-refractivity contribution in [3.63, 3.8) is 0 Å². The van der Waals surface area contributed by atoms with Crippen molar-refractivity contribution in [2.24, 2.45) is 0 Å². The fourth-order valence-corrected chi connectivity index (χ4v) is 3.87. The Kier molecular flexibility index (Phi) is 5.26. The minimum atomic E-state index is -0.365. The molecule has 1 aliphatic rings. The van der Waals surface area contributed by atoms with Gasteiger partial charge in [0.1, 0.15) is 12.3 Å². The summed E-state index contributed by atoms with van der Waals surface area (Å²) in [6.07, 6.45) is 0. The Morgan fingerprint density at radius 1 is 1.07 bits per heavy atom. The number of benzene rings is 2. The van der Waals surface area contributed by atoms with E-state index in [1.54, 1.807) is 39.5 Å². The van der Waals surface area contributed by atoms with Crippen LogP contribution in [0.25, 0.3) is 11.0 Å². The molecule has 8 nitrogen and oxygen atoms in total. The summed E-state index contributed by atoms with van der Waals surface area (Å²) in [7, 11) is 0. The number of aromatic nitrogens is 2. The van der Waals surface area contributed by atoms with Gasteiger partial charge in [0.15, 0.2) is 6.61 Å². The molecule has 2 aromatic carbocycles. The maximum Gasteiger partial charge on any atom is 0.329 e. The number of nitrogens with one attached hydrogen (secondary N) is 1. The molecule has 0 fully saturated rings. The van der Waals surface area contributed by atoms with Crippen LogP contribution in [-0.2, 0) is 22.7 Å². The van der Waals surface area contributed by atoms with Crippen LogP contribution < -0.4 is 20.6 Å². The highest BCUT2D eigenvalue weighted by molar-refractivity contribution is 6.31. The van der Waals surface area contributed by atoms with Crippen molar-refractivity contribution in [3.8, 4) is 5.75 Å². The molecule has 156 valence electrons. The molecule has 0 bridgehead atoms. The zero-order valence-corrected chi connectivity index (χ0v) is 17.4. The quantitative estimate of drug-likeness (QED) is 0.677. The number of fused-ring (bicyclic) bond motifs is 2. The SMILES string of the molecule is CCn1c(=O)n(CC)c2cc(NC(=O)CN3C(=O)COc4ccc(Cl)cc43)ccc21. The van der Waals surface area contributed by atoms with Crippen LogP contribution in [0.15, 0.2) is 41.2 Å². The number of amides is 2. The second-order valence-corrected chi connectivity index (χ2v) is 7.34. The molecule has 30 heavy (non-hydrogen) atoms. The Hall–Kier alpha value is -3.26. The van der Waals surface area contributed by atoms with E-state index < -0.39 is 0 Å². The monoisotopic (exact) mass is 428 g/mol. The van der Waals surface area contributed by atoms with Crippen molar-refractivity contribution in [3.05, 3.63) is 51.9 Å². The first kappa shape index (κ1) is 20.0. The lowest BCUT2D eigenvalue weighted by molar-refractivity contribution is -0.123. The number of hydrogen-bond donors (Lipinski definition) is 1. The maximum atomic E-state index is 12.7. The van der Waals surface area contributed by atoms with Crippen LogP contribution >= 0.6 is 11.6 Å².